The maximum Gasteiger partial charge on any atom is 0.245 e. The molecule has 9 heteroatoms. The molecule has 0 amide bonds. The Bertz CT molecular complexity index is 931. The van der Waals surface area contributed by atoms with Crippen molar-refractivity contribution in [2.75, 3.05) is 39.4 Å². The van der Waals surface area contributed by atoms with E-state index in [2.05, 4.69) is 13.6 Å². The Morgan fingerprint density at radius 2 is 1.85 bits per heavy atom. The van der Waals surface area contributed by atoms with Crippen LogP contribution in [0, 0.1) is 5.41 Å². The molecule has 146 valence electrons. The summed E-state index contributed by atoms with van der Waals surface area (Å²) in [5.41, 5.74) is 1.44. The molecule has 2 aromatic rings. The molecular weight excluding hydrogens is 384 g/mol. The van der Waals surface area contributed by atoms with Crippen molar-refractivity contribution in [3.05, 3.63) is 18.2 Å². The molecule has 1 saturated carbocycles. The van der Waals surface area contributed by atoms with Crippen LogP contribution in [0.15, 0.2) is 23.1 Å². The molecule has 1 aliphatic carbocycles. The second kappa shape index (κ2) is 6.73. The number of aromatic nitrogens is 2. The van der Waals surface area contributed by atoms with Gasteiger partial charge in [0.05, 0.1) is 24.9 Å². The number of morpholine rings is 1. The molecule has 5 rings (SSSR count). The van der Waals surface area contributed by atoms with E-state index in [1.165, 1.54) is 12.8 Å². The van der Waals surface area contributed by atoms with Crippen molar-refractivity contribution in [2.45, 2.75) is 36.6 Å². The van der Waals surface area contributed by atoms with E-state index in [0.29, 0.717) is 35.1 Å². The van der Waals surface area contributed by atoms with Crippen molar-refractivity contribution in [2.24, 2.45) is 5.41 Å². The van der Waals surface area contributed by atoms with Crippen LogP contribution in [-0.2, 0) is 14.8 Å². The highest BCUT2D eigenvalue weighted by molar-refractivity contribution is 7.89. The van der Waals surface area contributed by atoms with E-state index < -0.39 is 10.0 Å². The third kappa shape index (κ3) is 2.91. The molecule has 2 aliphatic heterocycles. The summed E-state index contributed by atoms with van der Waals surface area (Å²) >= 11 is 1.06. The zero-order chi connectivity index (χ0) is 18.5. The van der Waals surface area contributed by atoms with Gasteiger partial charge in [-0.05, 0) is 43.2 Å². The first-order valence-corrected chi connectivity index (χ1v) is 11.8. The van der Waals surface area contributed by atoms with Crippen LogP contribution in [0.4, 0.5) is 0 Å². The van der Waals surface area contributed by atoms with E-state index in [-0.39, 0.29) is 5.41 Å². The van der Waals surface area contributed by atoms with Gasteiger partial charge in [0, 0.05) is 32.2 Å². The van der Waals surface area contributed by atoms with Crippen LogP contribution in [0.25, 0.3) is 11.0 Å². The van der Waals surface area contributed by atoms with Gasteiger partial charge in [0.25, 0.3) is 0 Å². The molecule has 3 aliphatic rings. The molecule has 0 N–H and O–H groups in total. The van der Waals surface area contributed by atoms with Crippen molar-refractivity contribution in [1.29, 1.82) is 0 Å². The second-order valence-corrected chi connectivity index (χ2v) is 10.3. The van der Waals surface area contributed by atoms with Crippen LogP contribution in [0.3, 0.4) is 0 Å². The summed E-state index contributed by atoms with van der Waals surface area (Å²) < 4.78 is 42.0. The first-order valence-electron chi connectivity index (χ1n) is 9.63. The van der Waals surface area contributed by atoms with Crippen molar-refractivity contribution in [3.8, 4) is 0 Å². The van der Waals surface area contributed by atoms with E-state index in [1.807, 2.05) is 6.07 Å². The second-order valence-electron chi connectivity index (χ2n) is 7.86. The lowest BCUT2D eigenvalue weighted by atomic mass is 9.59. The Kier molecular flexibility index (Phi) is 4.47. The number of benzene rings is 1. The molecular formula is C18H24N4O3S2. The zero-order valence-electron chi connectivity index (χ0n) is 15.2. The van der Waals surface area contributed by atoms with E-state index in [1.54, 1.807) is 16.4 Å². The van der Waals surface area contributed by atoms with Crippen molar-refractivity contribution in [1.82, 2.24) is 18.0 Å². The summed E-state index contributed by atoms with van der Waals surface area (Å²) in [7, 11) is -3.53. The molecule has 0 unspecified atom stereocenters. The molecule has 0 bridgehead atoms. The molecule has 3 fully saturated rings. The standard InChI is InChI=1S/C18H24N4O3S2/c23-27(24,15-3-1-2-14-17(15)20-26-19-14)22-8-6-18(7-9-22)5-4-16(18)21-10-12-25-13-11-21/h1-3,16H,4-13H2/t16-/m0/s1. The zero-order valence-corrected chi connectivity index (χ0v) is 16.8. The molecule has 1 aromatic carbocycles. The summed E-state index contributed by atoms with van der Waals surface area (Å²) in [6, 6.07) is 5.81. The average Bonchev–Trinajstić information content (AvgIpc) is 3.17. The van der Waals surface area contributed by atoms with Crippen molar-refractivity contribution >= 4 is 32.8 Å². The monoisotopic (exact) mass is 408 g/mol. The van der Waals surface area contributed by atoms with Crippen LogP contribution >= 0.6 is 11.7 Å². The van der Waals surface area contributed by atoms with E-state index >= 15 is 0 Å². The molecule has 1 spiro atoms. The minimum absolute atomic E-state index is 0.289. The van der Waals surface area contributed by atoms with E-state index in [4.69, 9.17) is 4.74 Å². The molecule has 1 atom stereocenters. The van der Waals surface area contributed by atoms with Gasteiger partial charge in [-0.2, -0.15) is 13.1 Å². The third-order valence-corrected chi connectivity index (χ3v) is 9.17. The van der Waals surface area contributed by atoms with Crippen LogP contribution in [0.1, 0.15) is 25.7 Å². The first kappa shape index (κ1) is 17.9. The molecule has 2 saturated heterocycles. The van der Waals surface area contributed by atoms with Gasteiger partial charge in [0.15, 0.2) is 0 Å². The predicted octanol–water partition coefficient (Wildman–Crippen LogP) is 1.96. The Hall–Kier alpha value is -1.13. The third-order valence-electron chi connectivity index (χ3n) is 6.69. The van der Waals surface area contributed by atoms with Gasteiger partial charge in [0.1, 0.15) is 15.9 Å². The number of sulfonamides is 1. The lowest BCUT2D eigenvalue weighted by Crippen LogP contribution is -2.61. The number of hydrogen-bond acceptors (Lipinski definition) is 7. The highest BCUT2D eigenvalue weighted by Gasteiger charge is 2.51. The fourth-order valence-corrected chi connectivity index (χ4v) is 7.22. The summed E-state index contributed by atoms with van der Waals surface area (Å²) in [5.74, 6) is 0. The number of nitrogens with zero attached hydrogens (tertiary/aromatic N) is 4. The van der Waals surface area contributed by atoms with Gasteiger partial charge in [-0.3, -0.25) is 4.90 Å². The van der Waals surface area contributed by atoms with Crippen molar-refractivity contribution < 1.29 is 13.2 Å². The number of piperidine rings is 1. The normalized spacial score (nSPS) is 27.0. The average molecular weight is 409 g/mol. The van der Waals surface area contributed by atoms with Gasteiger partial charge in [-0.1, -0.05) is 6.07 Å². The minimum atomic E-state index is -3.53. The van der Waals surface area contributed by atoms with Gasteiger partial charge < -0.3 is 4.74 Å². The lowest BCUT2D eigenvalue weighted by Gasteiger charge is -2.58. The molecule has 27 heavy (non-hydrogen) atoms. The first-order chi connectivity index (χ1) is 13.1. The predicted molar refractivity (Wildman–Crippen MR) is 103 cm³/mol. The Balaban J connectivity index is 1.33. The van der Waals surface area contributed by atoms with Crippen LogP contribution in [0.5, 0.6) is 0 Å². The summed E-state index contributed by atoms with van der Waals surface area (Å²) in [6.07, 6.45) is 4.34. The molecule has 0 radical (unpaired) electrons. The van der Waals surface area contributed by atoms with Gasteiger partial charge in [-0.15, -0.1) is 0 Å². The van der Waals surface area contributed by atoms with Crippen molar-refractivity contribution in [3.63, 3.8) is 0 Å². The highest BCUT2D eigenvalue weighted by Crippen LogP contribution is 2.52. The minimum Gasteiger partial charge on any atom is -0.379 e. The van der Waals surface area contributed by atoms with Gasteiger partial charge >= 0.3 is 0 Å². The fraction of sp³-hybridized carbons (Fsp3) is 0.667. The fourth-order valence-electron chi connectivity index (χ4n) is 5.02. The van der Waals surface area contributed by atoms with E-state index in [0.717, 1.165) is 50.9 Å². The maximum atomic E-state index is 13.2. The summed E-state index contributed by atoms with van der Waals surface area (Å²) in [5, 5.41) is 0. The number of ether oxygens (including phenoxy) is 1. The smallest absolute Gasteiger partial charge is 0.245 e. The summed E-state index contributed by atoms with van der Waals surface area (Å²) in [6.45, 7) is 4.84. The van der Waals surface area contributed by atoms with Crippen LogP contribution < -0.4 is 0 Å². The SMILES string of the molecule is O=S(=O)(c1cccc2nsnc12)N1CCC2(CC[C@@H]2N2CCOCC2)CC1. The number of hydrogen-bond donors (Lipinski definition) is 0. The number of rotatable bonds is 3. The lowest BCUT2D eigenvalue weighted by molar-refractivity contribution is -0.0906. The van der Waals surface area contributed by atoms with Gasteiger partial charge in [-0.25, -0.2) is 8.42 Å². The van der Waals surface area contributed by atoms with Gasteiger partial charge in [0.2, 0.25) is 10.0 Å². The highest BCUT2D eigenvalue weighted by atomic mass is 32.2. The summed E-state index contributed by atoms with van der Waals surface area (Å²) in [4.78, 5) is 2.86. The topological polar surface area (TPSA) is 75.6 Å². The quantitative estimate of drug-likeness (QED) is 0.773. The van der Waals surface area contributed by atoms with Crippen LogP contribution in [0.2, 0.25) is 0 Å². The van der Waals surface area contributed by atoms with Crippen LogP contribution in [-0.4, -0.2) is 71.8 Å². The largest absolute Gasteiger partial charge is 0.379 e. The molecule has 7 nitrogen and oxygen atoms in total. The Morgan fingerprint density at radius 3 is 2.56 bits per heavy atom. The van der Waals surface area contributed by atoms with E-state index in [9.17, 15) is 8.42 Å². The Morgan fingerprint density at radius 1 is 1.07 bits per heavy atom. The number of fused-ring (bicyclic) bond motifs is 1. The molecule has 1 aromatic heterocycles. The maximum absolute atomic E-state index is 13.2. The molecule has 3 heterocycles. The Labute approximate surface area is 163 Å².